The zero-order chi connectivity index (χ0) is 18.2. The number of halogens is 1. The molecule has 0 unspecified atom stereocenters. The summed E-state index contributed by atoms with van der Waals surface area (Å²) in [5.41, 5.74) is -0.148. The van der Waals surface area contributed by atoms with E-state index in [9.17, 15) is 19.5 Å². The van der Waals surface area contributed by atoms with Gasteiger partial charge >= 0.3 is 0 Å². The molecule has 3 N–H and O–H groups in total. The van der Waals surface area contributed by atoms with Crippen LogP contribution in [0.1, 0.15) is 15.9 Å². The number of rotatable bonds is 3. The molecule has 0 saturated heterocycles. The Morgan fingerprint density at radius 1 is 1.29 bits per heavy atom. The van der Waals surface area contributed by atoms with Gasteiger partial charge in [0.25, 0.3) is 17.0 Å². The first-order chi connectivity index (χ1) is 11.1. The molecule has 0 aliphatic heterocycles. The number of phenols is 1. The van der Waals surface area contributed by atoms with Crippen LogP contribution in [0.3, 0.4) is 0 Å². The van der Waals surface area contributed by atoms with Crippen LogP contribution in [-0.2, 0) is 7.05 Å². The van der Waals surface area contributed by atoms with Gasteiger partial charge in [-0.25, -0.2) is 0 Å². The summed E-state index contributed by atoms with van der Waals surface area (Å²) in [5.74, 6) is -0.670. The topological polar surface area (TPSA) is 107 Å². The summed E-state index contributed by atoms with van der Waals surface area (Å²) in [5, 5.41) is 15.6. The summed E-state index contributed by atoms with van der Waals surface area (Å²) in [6.07, 6.45) is 0. The van der Waals surface area contributed by atoms with Crippen molar-refractivity contribution < 1.29 is 9.90 Å². The van der Waals surface area contributed by atoms with Crippen LogP contribution in [0.15, 0.2) is 26.2 Å². The molecule has 24 heavy (non-hydrogen) atoms. The highest BCUT2D eigenvalue weighted by Gasteiger charge is 2.20. The first-order valence-corrected chi connectivity index (χ1v) is 7.74. The van der Waals surface area contributed by atoms with Crippen molar-refractivity contribution >= 4 is 33.2 Å². The molecule has 0 atom stereocenters. The number of nitrogens with zero attached hydrogens (tertiary/aromatic N) is 2. The fourth-order valence-electron chi connectivity index (χ4n) is 2.12. The highest BCUT2D eigenvalue weighted by molar-refractivity contribution is 9.10. The van der Waals surface area contributed by atoms with Crippen LogP contribution >= 0.6 is 15.9 Å². The molecule has 0 aliphatic rings. The van der Waals surface area contributed by atoms with Gasteiger partial charge in [-0.1, -0.05) is 6.07 Å². The van der Waals surface area contributed by atoms with E-state index in [0.29, 0.717) is 5.56 Å². The number of phenolic OH excluding ortho intramolecular Hbond substituents is 1. The molecule has 2 rings (SSSR count). The number of aryl methyl sites for hydroxylation is 2. The lowest BCUT2D eigenvalue weighted by molar-refractivity contribution is 0.0824. The zero-order valence-electron chi connectivity index (χ0n) is 13.6. The number of aromatic nitrogens is 2. The summed E-state index contributed by atoms with van der Waals surface area (Å²) in [7, 11) is 4.54. The van der Waals surface area contributed by atoms with Gasteiger partial charge in [-0.15, -0.1) is 0 Å². The molecule has 1 amide bonds. The lowest BCUT2D eigenvalue weighted by Crippen LogP contribution is -2.30. The maximum absolute atomic E-state index is 12.2. The van der Waals surface area contributed by atoms with Crippen molar-refractivity contribution in [2.45, 2.75) is 6.92 Å². The molecule has 0 bridgehead atoms. The summed E-state index contributed by atoms with van der Waals surface area (Å²) >= 11 is 3.07. The van der Waals surface area contributed by atoms with Gasteiger partial charge in [-0.3, -0.25) is 24.2 Å². The van der Waals surface area contributed by atoms with Gasteiger partial charge in [-0.05, 0) is 34.5 Å². The maximum Gasteiger partial charge on any atom is 0.289 e. The Morgan fingerprint density at radius 2 is 1.92 bits per heavy atom. The Hall–Kier alpha value is -2.55. The average molecular weight is 397 g/mol. The van der Waals surface area contributed by atoms with Crippen LogP contribution in [0, 0.1) is 6.92 Å². The number of benzene rings is 1. The molecular weight excluding hydrogens is 380 g/mol. The zero-order valence-corrected chi connectivity index (χ0v) is 15.2. The highest BCUT2D eigenvalue weighted by atomic mass is 79.9. The van der Waals surface area contributed by atoms with Gasteiger partial charge in [-0.2, -0.15) is 0 Å². The summed E-state index contributed by atoms with van der Waals surface area (Å²) in [6.45, 7) is 1.71. The SMILES string of the molecule is Cc1ccc(C(=O)N(C)C)c(O)c1Nc1c(Br)c(=O)[nH]n(C)c1=O. The van der Waals surface area contributed by atoms with E-state index >= 15 is 0 Å². The second kappa shape index (κ2) is 6.52. The van der Waals surface area contributed by atoms with E-state index in [-0.39, 0.29) is 33.1 Å². The number of anilines is 2. The van der Waals surface area contributed by atoms with Crippen LogP contribution < -0.4 is 16.4 Å². The van der Waals surface area contributed by atoms with E-state index in [0.717, 1.165) is 4.68 Å². The lowest BCUT2D eigenvalue weighted by atomic mass is 10.1. The van der Waals surface area contributed by atoms with E-state index in [1.807, 2.05) is 0 Å². The molecule has 0 spiro atoms. The van der Waals surface area contributed by atoms with Crippen LogP contribution in [0.2, 0.25) is 0 Å². The molecular formula is C15H17BrN4O4. The van der Waals surface area contributed by atoms with Crippen molar-refractivity contribution in [3.8, 4) is 5.75 Å². The minimum absolute atomic E-state index is 0.00809. The molecule has 0 fully saturated rings. The van der Waals surface area contributed by atoms with Crippen LogP contribution in [0.25, 0.3) is 0 Å². The smallest absolute Gasteiger partial charge is 0.289 e. The molecule has 8 nitrogen and oxygen atoms in total. The fourth-order valence-corrected chi connectivity index (χ4v) is 2.48. The molecule has 1 aromatic carbocycles. The van der Waals surface area contributed by atoms with Crippen LogP contribution in [0.4, 0.5) is 11.4 Å². The second-order valence-corrected chi connectivity index (χ2v) is 6.27. The average Bonchev–Trinajstić information content (AvgIpc) is 2.51. The molecule has 9 heteroatoms. The van der Waals surface area contributed by atoms with Gasteiger partial charge < -0.3 is 15.3 Å². The number of aromatic amines is 1. The lowest BCUT2D eigenvalue weighted by Gasteiger charge is -2.17. The minimum atomic E-state index is -0.503. The predicted octanol–water partition coefficient (Wildman–Crippen LogP) is 1.30. The Bertz CT molecular complexity index is 930. The third kappa shape index (κ3) is 3.07. The van der Waals surface area contributed by atoms with Crippen molar-refractivity contribution in [2.75, 3.05) is 19.4 Å². The molecule has 0 saturated carbocycles. The van der Waals surface area contributed by atoms with E-state index in [4.69, 9.17) is 0 Å². The van der Waals surface area contributed by atoms with E-state index in [1.54, 1.807) is 27.1 Å². The van der Waals surface area contributed by atoms with Gasteiger partial charge in [0, 0.05) is 21.1 Å². The quantitative estimate of drug-likeness (QED) is 0.677. The van der Waals surface area contributed by atoms with Gasteiger partial charge in [0.2, 0.25) is 0 Å². The van der Waals surface area contributed by atoms with Crippen molar-refractivity contribution in [1.29, 1.82) is 0 Å². The van der Waals surface area contributed by atoms with Crippen molar-refractivity contribution in [3.63, 3.8) is 0 Å². The third-order valence-electron chi connectivity index (χ3n) is 3.48. The standard InChI is InChI=1S/C15H17BrN4O4/c1-7-5-6-8(14(23)19(2)3)12(21)10(7)17-11-9(16)13(22)18-20(4)15(11)24/h5-6,17,21H,1-4H3,(H,18,22). The van der Waals surface area contributed by atoms with E-state index in [2.05, 4.69) is 26.3 Å². The maximum atomic E-state index is 12.2. The summed E-state index contributed by atoms with van der Waals surface area (Å²) in [4.78, 5) is 37.5. The first-order valence-electron chi connectivity index (χ1n) is 6.95. The Morgan fingerprint density at radius 3 is 2.50 bits per heavy atom. The summed E-state index contributed by atoms with van der Waals surface area (Å²) < 4.78 is 1.03. The van der Waals surface area contributed by atoms with Crippen molar-refractivity contribution in [3.05, 3.63) is 48.4 Å². The number of carbonyl (C=O) groups excluding carboxylic acids is 1. The monoisotopic (exact) mass is 396 g/mol. The van der Waals surface area contributed by atoms with Crippen molar-refractivity contribution in [1.82, 2.24) is 14.7 Å². The predicted molar refractivity (Wildman–Crippen MR) is 94.1 cm³/mol. The Kier molecular flexibility index (Phi) is 4.83. The molecule has 1 heterocycles. The van der Waals surface area contributed by atoms with E-state index in [1.165, 1.54) is 18.0 Å². The molecule has 2 aromatic rings. The highest BCUT2D eigenvalue weighted by Crippen LogP contribution is 2.34. The molecule has 0 aliphatic carbocycles. The molecule has 0 radical (unpaired) electrons. The number of H-pyrrole nitrogens is 1. The van der Waals surface area contributed by atoms with Crippen LogP contribution in [0.5, 0.6) is 5.75 Å². The fraction of sp³-hybridized carbons (Fsp3) is 0.267. The first kappa shape index (κ1) is 17.8. The second-order valence-electron chi connectivity index (χ2n) is 5.47. The van der Waals surface area contributed by atoms with Crippen molar-refractivity contribution in [2.24, 2.45) is 7.05 Å². The van der Waals surface area contributed by atoms with Gasteiger partial charge in [0.1, 0.15) is 10.2 Å². The normalized spacial score (nSPS) is 10.5. The Balaban J connectivity index is 2.64. The molecule has 1 aromatic heterocycles. The van der Waals surface area contributed by atoms with Crippen LogP contribution in [-0.4, -0.2) is 39.8 Å². The number of amides is 1. The van der Waals surface area contributed by atoms with E-state index < -0.39 is 11.1 Å². The van der Waals surface area contributed by atoms with Gasteiger partial charge in [0.15, 0.2) is 5.75 Å². The number of carbonyl (C=O) groups is 1. The minimum Gasteiger partial charge on any atom is -0.505 e. The van der Waals surface area contributed by atoms with Gasteiger partial charge in [0.05, 0.1) is 11.3 Å². The number of aromatic hydroxyl groups is 1. The molecule has 128 valence electrons. The third-order valence-corrected chi connectivity index (χ3v) is 4.24. The Labute approximate surface area is 145 Å². The number of hydrogen-bond acceptors (Lipinski definition) is 5. The largest absolute Gasteiger partial charge is 0.505 e. The number of hydrogen-bond donors (Lipinski definition) is 3. The summed E-state index contributed by atoms with van der Waals surface area (Å²) in [6, 6.07) is 3.15. The number of nitrogens with one attached hydrogen (secondary N) is 2.